The number of benzene rings is 2. The number of esters is 1. The fourth-order valence-corrected chi connectivity index (χ4v) is 2.55. The summed E-state index contributed by atoms with van der Waals surface area (Å²) in [6, 6.07) is 9.20. The summed E-state index contributed by atoms with van der Waals surface area (Å²) in [5, 5.41) is 2.53. The maximum Gasteiger partial charge on any atom is 0.338 e. The molecule has 6 nitrogen and oxygen atoms in total. The molecular formula is C21H20FN3O3. The first-order valence-electron chi connectivity index (χ1n) is 8.77. The van der Waals surface area contributed by atoms with Gasteiger partial charge in [-0.05, 0) is 63.6 Å². The third kappa shape index (κ3) is 4.14. The highest BCUT2D eigenvalue weighted by molar-refractivity contribution is 5.98. The topological polar surface area (TPSA) is 81.2 Å². The Bertz CT molecular complexity index is 1080. The van der Waals surface area contributed by atoms with Crippen LogP contribution in [0.25, 0.3) is 11.0 Å². The molecule has 0 spiro atoms. The molecule has 1 heterocycles. The fourth-order valence-electron chi connectivity index (χ4n) is 2.55. The summed E-state index contributed by atoms with van der Waals surface area (Å²) in [4.78, 5) is 33.5. The number of halogens is 1. The Morgan fingerprint density at radius 1 is 1.00 bits per heavy atom. The van der Waals surface area contributed by atoms with E-state index < -0.39 is 23.8 Å². The summed E-state index contributed by atoms with van der Waals surface area (Å²) >= 11 is 0. The number of hydrogen-bond donors (Lipinski definition) is 1. The average Bonchev–Trinajstić information content (AvgIpc) is 2.65. The SMILES string of the molecule is Cc1ccc(NC(=O)[C@H](C)OC(=O)c2ccc3nc(C)c(C)nc3c2)cc1F. The predicted molar refractivity (Wildman–Crippen MR) is 104 cm³/mol. The van der Waals surface area contributed by atoms with Crippen molar-refractivity contribution in [2.24, 2.45) is 0 Å². The molecule has 1 amide bonds. The standard InChI is InChI=1S/C21H20FN3O3/c1-11-5-7-16(10-17(11)22)25-20(26)14(4)28-21(27)15-6-8-18-19(9-15)24-13(3)12(2)23-18/h5-10,14H,1-4H3,(H,25,26)/t14-/m0/s1. The molecule has 28 heavy (non-hydrogen) atoms. The van der Waals surface area contributed by atoms with E-state index >= 15 is 0 Å². The first-order chi connectivity index (χ1) is 13.2. The smallest absolute Gasteiger partial charge is 0.338 e. The Hall–Kier alpha value is -3.35. The number of amides is 1. The zero-order valence-corrected chi connectivity index (χ0v) is 16.0. The summed E-state index contributed by atoms with van der Waals surface area (Å²) in [5.41, 5.74) is 3.88. The van der Waals surface area contributed by atoms with Gasteiger partial charge >= 0.3 is 5.97 Å². The number of aryl methyl sites for hydroxylation is 3. The Labute approximate surface area is 161 Å². The van der Waals surface area contributed by atoms with Gasteiger partial charge in [-0.3, -0.25) is 4.79 Å². The normalized spacial score (nSPS) is 11.9. The van der Waals surface area contributed by atoms with Crippen LogP contribution < -0.4 is 5.32 Å². The summed E-state index contributed by atoms with van der Waals surface area (Å²) in [5.74, 6) is -1.63. The number of carbonyl (C=O) groups is 2. The van der Waals surface area contributed by atoms with Crippen molar-refractivity contribution in [1.29, 1.82) is 0 Å². The molecule has 0 aliphatic heterocycles. The Morgan fingerprint density at radius 3 is 2.36 bits per heavy atom. The highest BCUT2D eigenvalue weighted by atomic mass is 19.1. The largest absolute Gasteiger partial charge is 0.449 e. The number of aromatic nitrogens is 2. The van der Waals surface area contributed by atoms with Crippen LogP contribution >= 0.6 is 0 Å². The van der Waals surface area contributed by atoms with Gasteiger partial charge in [0, 0.05) is 5.69 Å². The minimum absolute atomic E-state index is 0.270. The van der Waals surface area contributed by atoms with Gasteiger partial charge in [-0.15, -0.1) is 0 Å². The van der Waals surface area contributed by atoms with Crippen molar-refractivity contribution < 1.29 is 18.7 Å². The van der Waals surface area contributed by atoms with Crippen LogP contribution in [0, 0.1) is 26.6 Å². The monoisotopic (exact) mass is 381 g/mol. The minimum Gasteiger partial charge on any atom is -0.449 e. The van der Waals surface area contributed by atoms with Gasteiger partial charge < -0.3 is 10.1 Å². The molecule has 7 heteroatoms. The average molecular weight is 381 g/mol. The molecule has 0 fully saturated rings. The van der Waals surface area contributed by atoms with E-state index in [2.05, 4.69) is 15.3 Å². The fraction of sp³-hybridized carbons (Fsp3) is 0.238. The highest BCUT2D eigenvalue weighted by Crippen LogP contribution is 2.17. The molecule has 0 unspecified atom stereocenters. The van der Waals surface area contributed by atoms with Crippen LogP contribution in [0.1, 0.15) is 34.2 Å². The number of ether oxygens (including phenoxy) is 1. The zero-order valence-electron chi connectivity index (χ0n) is 16.0. The lowest BCUT2D eigenvalue weighted by Gasteiger charge is -2.14. The molecule has 1 atom stereocenters. The highest BCUT2D eigenvalue weighted by Gasteiger charge is 2.20. The first kappa shape index (κ1) is 19.4. The molecule has 0 saturated heterocycles. The molecule has 0 saturated carbocycles. The lowest BCUT2D eigenvalue weighted by molar-refractivity contribution is -0.123. The number of rotatable bonds is 4. The van der Waals surface area contributed by atoms with E-state index in [0.29, 0.717) is 22.3 Å². The van der Waals surface area contributed by atoms with E-state index in [1.54, 1.807) is 37.3 Å². The lowest BCUT2D eigenvalue weighted by Crippen LogP contribution is -2.30. The van der Waals surface area contributed by atoms with Crippen LogP contribution in [-0.4, -0.2) is 27.9 Å². The molecule has 2 aromatic carbocycles. The van der Waals surface area contributed by atoms with Crippen molar-refractivity contribution in [2.45, 2.75) is 33.8 Å². The molecule has 144 valence electrons. The molecule has 1 aromatic heterocycles. The number of carbonyl (C=O) groups excluding carboxylic acids is 2. The number of nitrogens with one attached hydrogen (secondary N) is 1. The van der Waals surface area contributed by atoms with Crippen LogP contribution in [-0.2, 0) is 9.53 Å². The quantitative estimate of drug-likeness (QED) is 0.694. The van der Waals surface area contributed by atoms with E-state index in [4.69, 9.17) is 4.74 Å². The summed E-state index contributed by atoms with van der Waals surface area (Å²) < 4.78 is 18.8. The van der Waals surface area contributed by atoms with Crippen LogP contribution in [0.2, 0.25) is 0 Å². The van der Waals surface area contributed by atoms with E-state index in [9.17, 15) is 14.0 Å². The third-order valence-electron chi connectivity index (χ3n) is 4.40. The van der Waals surface area contributed by atoms with E-state index in [1.165, 1.54) is 13.0 Å². The van der Waals surface area contributed by atoms with Crippen LogP contribution in [0.4, 0.5) is 10.1 Å². The maximum absolute atomic E-state index is 13.6. The van der Waals surface area contributed by atoms with Crippen molar-refractivity contribution in [3.63, 3.8) is 0 Å². The molecule has 0 radical (unpaired) electrons. The van der Waals surface area contributed by atoms with Gasteiger partial charge in [0.2, 0.25) is 0 Å². The van der Waals surface area contributed by atoms with E-state index in [1.807, 2.05) is 13.8 Å². The minimum atomic E-state index is -1.06. The number of fused-ring (bicyclic) bond motifs is 1. The number of nitrogens with zero attached hydrogens (tertiary/aromatic N) is 2. The maximum atomic E-state index is 13.6. The molecule has 3 rings (SSSR count). The summed E-state index contributed by atoms with van der Waals surface area (Å²) in [6.07, 6.45) is -1.06. The third-order valence-corrected chi connectivity index (χ3v) is 4.40. The van der Waals surface area contributed by atoms with Crippen molar-refractivity contribution in [2.75, 3.05) is 5.32 Å². The molecule has 0 bridgehead atoms. The number of hydrogen-bond acceptors (Lipinski definition) is 5. The van der Waals surface area contributed by atoms with Crippen LogP contribution in [0.5, 0.6) is 0 Å². The lowest BCUT2D eigenvalue weighted by atomic mass is 10.2. The molecule has 0 aliphatic carbocycles. The van der Waals surface area contributed by atoms with Crippen molar-refractivity contribution in [1.82, 2.24) is 9.97 Å². The van der Waals surface area contributed by atoms with Gasteiger partial charge in [0.25, 0.3) is 5.91 Å². The molecule has 3 aromatic rings. The van der Waals surface area contributed by atoms with Gasteiger partial charge in [0.1, 0.15) is 5.82 Å². The van der Waals surface area contributed by atoms with Crippen molar-refractivity contribution in [3.05, 3.63) is 64.7 Å². The van der Waals surface area contributed by atoms with E-state index in [0.717, 1.165) is 11.4 Å². The van der Waals surface area contributed by atoms with Gasteiger partial charge in [-0.25, -0.2) is 19.2 Å². The van der Waals surface area contributed by atoms with E-state index in [-0.39, 0.29) is 5.56 Å². The second-order valence-electron chi connectivity index (χ2n) is 6.60. The Balaban J connectivity index is 1.70. The summed E-state index contributed by atoms with van der Waals surface area (Å²) in [7, 11) is 0. The van der Waals surface area contributed by atoms with Crippen LogP contribution in [0.15, 0.2) is 36.4 Å². The van der Waals surface area contributed by atoms with Crippen molar-refractivity contribution >= 4 is 28.6 Å². The second kappa shape index (κ2) is 7.72. The first-order valence-corrected chi connectivity index (χ1v) is 8.77. The Kier molecular flexibility index (Phi) is 5.35. The summed E-state index contributed by atoms with van der Waals surface area (Å²) in [6.45, 7) is 6.78. The van der Waals surface area contributed by atoms with Gasteiger partial charge in [-0.2, -0.15) is 0 Å². The van der Waals surface area contributed by atoms with Crippen molar-refractivity contribution in [3.8, 4) is 0 Å². The van der Waals surface area contributed by atoms with Gasteiger partial charge in [-0.1, -0.05) is 6.07 Å². The molecule has 1 N–H and O–H groups in total. The molecular weight excluding hydrogens is 361 g/mol. The van der Waals surface area contributed by atoms with Crippen LogP contribution in [0.3, 0.4) is 0 Å². The molecule has 0 aliphatic rings. The van der Waals surface area contributed by atoms with Gasteiger partial charge in [0.15, 0.2) is 6.10 Å². The Morgan fingerprint density at radius 2 is 1.68 bits per heavy atom. The predicted octanol–water partition coefficient (Wildman–Crippen LogP) is 3.88. The number of anilines is 1. The van der Waals surface area contributed by atoms with Gasteiger partial charge in [0.05, 0.1) is 28.0 Å². The second-order valence-corrected chi connectivity index (χ2v) is 6.60. The zero-order chi connectivity index (χ0) is 20.4.